The molecule has 2 aliphatic rings. The Morgan fingerprint density at radius 1 is 1.28 bits per heavy atom. The van der Waals surface area contributed by atoms with Crippen LogP contribution >= 0.6 is 11.3 Å². The van der Waals surface area contributed by atoms with Crippen LogP contribution in [0.4, 0.5) is 10.6 Å². The Labute approximate surface area is 173 Å². The molecule has 7 nitrogen and oxygen atoms in total. The highest BCUT2D eigenvalue weighted by Crippen LogP contribution is 2.40. The number of hydrogen-bond acceptors (Lipinski definition) is 7. The lowest BCUT2D eigenvalue weighted by Gasteiger charge is -2.31. The van der Waals surface area contributed by atoms with Crippen molar-refractivity contribution in [1.82, 2.24) is 19.9 Å². The first-order chi connectivity index (χ1) is 14.2. The highest BCUT2D eigenvalue weighted by Gasteiger charge is 2.27. The Balaban J connectivity index is 1.48. The number of anilines is 1. The van der Waals surface area contributed by atoms with Crippen LogP contribution in [0.3, 0.4) is 0 Å². The first kappa shape index (κ1) is 18.3. The number of amides is 1. The van der Waals surface area contributed by atoms with Crippen molar-refractivity contribution in [2.45, 2.75) is 38.1 Å². The maximum absolute atomic E-state index is 11.8. The lowest BCUT2D eigenvalue weighted by Crippen LogP contribution is -2.42. The minimum Gasteiger partial charge on any atom is -0.453 e. The Bertz CT molecular complexity index is 1040. The van der Waals surface area contributed by atoms with Gasteiger partial charge in [0.2, 0.25) is 0 Å². The molecule has 29 heavy (non-hydrogen) atoms. The molecular formula is C21H23N5O2S. The maximum Gasteiger partial charge on any atom is 0.409 e. The zero-order valence-electron chi connectivity index (χ0n) is 16.4. The fraction of sp³-hybridized carbons (Fsp3) is 0.429. The minimum atomic E-state index is -0.248. The second-order valence-electron chi connectivity index (χ2n) is 7.55. The van der Waals surface area contributed by atoms with Gasteiger partial charge < -0.3 is 15.0 Å². The van der Waals surface area contributed by atoms with Gasteiger partial charge in [0.05, 0.1) is 12.5 Å². The van der Waals surface area contributed by atoms with E-state index in [9.17, 15) is 4.79 Å². The second kappa shape index (κ2) is 7.59. The number of piperidine rings is 1. The quantitative estimate of drug-likeness (QED) is 0.707. The summed E-state index contributed by atoms with van der Waals surface area (Å²) in [5.41, 5.74) is 2.34. The van der Waals surface area contributed by atoms with E-state index >= 15 is 0 Å². The standard InChI is InChI=1S/C21H23N5O2S/c1-28-21(27)26-10-7-14(8-11-26)23-19-17-15-5-2-6-16(15)29-20(17)25-18(24-19)13-4-3-9-22-12-13/h3-4,9,12,14H,2,5-8,10-11H2,1H3,(H,23,24,25). The number of ether oxygens (including phenoxy) is 1. The molecule has 1 aliphatic heterocycles. The summed E-state index contributed by atoms with van der Waals surface area (Å²) in [7, 11) is 1.43. The van der Waals surface area contributed by atoms with E-state index in [-0.39, 0.29) is 12.1 Å². The molecule has 0 radical (unpaired) electrons. The van der Waals surface area contributed by atoms with Gasteiger partial charge in [0.25, 0.3) is 0 Å². The fourth-order valence-corrected chi connectivity index (χ4v) is 5.51. The lowest BCUT2D eigenvalue weighted by molar-refractivity contribution is 0.113. The van der Waals surface area contributed by atoms with E-state index in [1.807, 2.05) is 12.1 Å². The number of likely N-dealkylation sites (tertiary alicyclic amines) is 1. The van der Waals surface area contributed by atoms with Gasteiger partial charge in [0.15, 0.2) is 5.82 Å². The van der Waals surface area contributed by atoms with Crippen molar-refractivity contribution in [2.75, 3.05) is 25.5 Å². The van der Waals surface area contributed by atoms with Crippen LogP contribution in [0, 0.1) is 0 Å². The molecule has 1 N–H and O–H groups in total. The zero-order chi connectivity index (χ0) is 19.8. The Hall–Kier alpha value is -2.74. The van der Waals surface area contributed by atoms with Crippen molar-refractivity contribution in [1.29, 1.82) is 0 Å². The largest absolute Gasteiger partial charge is 0.453 e. The van der Waals surface area contributed by atoms with Gasteiger partial charge in [-0.25, -0.2) is 14.8 Å². The molecule has 0 aromatic carbocycles. The molecule has 0 saturated carbocycles. The number of carbonyl (C=O) groups is 1. The van der Waals surface area contributed by atoms with Crippen LogP contribution in [0.5, 0.6) is 0 Å². The van der Waals surface area contributed by atoms with Crippen molar-refractivity contribution >= 4 is 33.5 Å². The van der Waals surface area contributed by atoms with Crippen LogP contribution in [-0.4, -0.2) is 52.2 Å². The number of nitrogens with one attached hydrogen (secondary N) is 1. The van der Waals surface area contributed by atoms with Crippen LogP contribution in [0.15, 0.2) is 24.5 Å². The van der Waals surface area contributed by atoms with Crippen LogP contribution in [0.25, 0.3) is 21.6 Å². The van der Waals surface area contributed by atoms with Crippen LogP contribution in [0.1, 0.15) is 29.7 Å². The summed E-state index contributed by atoms with van der Waals surface area (Å²) < 4.78 is 4.85. The molecule has 150 valence electrons. The number of pyridine rings is 1. The summed E-state index contributed by atoms with van der Waals surface area (Å²) >= 11 is 1.80. The molecule has 8 heteroatoms. The van der Waals surface area contributed by atoms with Gasteiger partial charge in [-0.1, -0.05) is 0 Å². The predicted octanol–water partition coefficient (Wildman–Crippen LogP) is 3.88. The average Bonchev–Trinajstić information content (AvgIpc) is 3.35. The van der Waals surface area contributed by atoms with Crippen LogP contribution < -0.4 is 5.32 Å². The Kier molecular flexibility index (Phi) is 4.79. The molecule has 1 amide bonds. The van der Waals surface area contributed by atoms with E-state index in [2.05, 4.69) is 10.3 Å². The van der Waals surface area contributed by atoms with Crippen molar-refractivity contribution < 1.29 is 9.53 Å². The van der Waals surface area contributed by atoms with Gasteiger partial charge in [-0.15, -0.1) is 11.3 Å². The third-order valence-corrected chi connectivity index (χ3v) is 6.94. The summed E-state index contributed by atoms with van der Waals surface area (Å²) in [6, 6.07) is 4.17. The first-order valence-electron chi connectivity index (χ1n) is 10.0. The highest BCUT2D eigenvalue weighted by molar-refractivity contribution is 7.19. The van der Waals surface area contributed by atoms with Gasteiger partial charge in [0.1, 0.15) is 10.6 Å². The van der Waals surface area contributed by atoms with E-state index in [0.29, 0.717) is 18.9 Å². The predicted molar refractivity (Wildman–Crippen MR) is 113 cm³/mol. The lowest BCUT2D eigenvalue weighted by atomic mass is 10.0. The van der Waals surface area contributed by atoms with E-state index in [1.165, 1.54) is 29.4 Å². The number of aryl methyl sites for hydroxylation is 2. The van der Waals surface area contributed by atoms with Gasteiger partial charge in [-0.05, 0) is 49.8 Å². The van der Waals surface area contributed by atoms with E-state index in [1.54, 1.807) is 28.6 Å². The molecule has 3 aromatic heterocycles. The maximum atomic E-state index is 11.8. The molecule has 1 saturated heterocycles. The fourth-order valence-electron chi connectivity index (χ4n) is 4.25. The van der Waals surface area contributed by atoms with Gasteiger partial charge in [-0.2, -0.15) is 0 Å². The number of methoxy groups -OCH3 is 1. The molecule has 5 rings (SSSR count). The number of carbonyl (C=O) groups excluding carboxylic acids is 1. The summed E-state index contributed by atoms with van der Waals surface area (Å²) in [6.07, 6.45) is 8.50. The Morgan fingerprint density at radius 3 is 2.90 bits per heavy atom. The molecule has 0 bridgehead atoms. The number of rotatable bonds is 3. The number of hydrogen-bond donors (Lipinski definition) is 1. The third-order valence-electron chi connectivity index (χ3n) is 5.75. The van der Waals surface area contributed by atoms with Crippen molar-refractivity contribution in [3.63, 3.8) is 0 Å². The molecule has 3 aromatic rings. The van der Waals surface area contributed by atoms with Crippen molar-refractivity contribution in [3.8, 4) is 11.4 Å². The number of fused-ring (bicyclic) bond motifs is 3. The van der Waals surface area contributed by atoms with E-state index in [4.69, 9.17) is 14.7 Å². The first-order valence-corrected chi connectivity index (χ1v) is 10.9. The molecular weight excluding hydrogens is 386 g/mol. The number of aromatic nitrogens is 3. The van der Waals surface area contributed by atoms with Crippen molar-refractivity contribution in [3.05, 3.63) is 35.0 Å². The molecule has 0 unspecified atom stereocenters. The van der Waals surface area contributed by atoms with Crippen LogP contribution in [0.2, 0.25) is 0 Å². The molecule has 0 atom stereocenters. The minimum absolute atomic E-state index is 0.248. The van der Waals surface area contributed by atoms with Gasteiger partial charge in [-0.3, -0.25) is 4.98 Å². The summed E-state index contributed by atoms with van der Waals surface area (Å²) in [5, 5.41) is 4.87. The van der Waals surface area contributed by atoms with Crippen LogP contribution in [-0.2, 0) is 17.6 Å². The van der Waals surface area contributed by atoms with Gasteiger partial charge in [0, 0.05) is 42.0 Å². The number of nitrogens with zero attached hydrogens (tertiary/aromatic N) is 4. The Morgan fingerprint density at radius 2 is 2.14 bits per heavy atom. The smallest absolute Gasteiger partial charge is 0.409 e. The SMILES string of the molecule is COC(=O)N1CCC(Nc2nc(-c3cccnc3)nc3sc4c(c23)CCC4)CC1. The van der Waals surface area contributed by atoms with Crippen molar-refractivity contribution in [2.24, 2.45) is 0 Å². The topological polar surface area (TPSA) is 80.2 Å². The zero-order valence-corrected chi connectivity index (χ0v) is 17.2. The number of thiophene rings is 1. The third kappa shape index (κ3) is 3.42. The van der Waals surface area contributed by atoms with E-state index in [0.717, 1.165) is 41.9 Å². The molecule has 4 heterocycles. The molecule has 1 aliphatic carbocycles. The second-order valence-corrected chi connectivity index (χ2v) is 8.63. The normalized spacial score (nSPS) is 16.8. The van der Waals surface area contributed by atoms with Gasteiger partial charge >= 0.3 is 6.09 Å². The molecule has 1 fully saturated rings. The summed E-state index contributed by atoms with van der Waals surface area (Å²) in [5.74, 6) is 1.63. The van der Waals surface area contributed by atoms with E-state index < -0.39 is 0 Å². The summed E-state index contributed by atoms with van der Waals surface area (Å²) in [4.78, 5) is 30.0. The monoisotopic (exact) mass is 409 g/mol. The highest BCUT2D eigenvalue weighted by atomic mass is 32.1. The summed E-state index contributed by atoms with van der Waals surface area (Å²) in [6.45, 7) is 1.38. The average molecular weight is 410 g/mol. The molecule has 0 spiro atoms.